The minimum atomic E-state index is -0.505. The molecule has 2 aromatic rings. The van der Waals surface area contributed by atoms with E-state index in [2.05, 4.69) is 10.6 Å². The Kier molecular flexibility index (Phi) is 6.47. The molecule has 2 amide bonds. The summed E-state index contributed by atoms with van der Waals surface area (Å²) in [4.78, 5) is 33.7. The second-order valence-corrected chi connectivity index (χ2v) is 5.65. The standard InChI is InChI=1S/C17H16ClN3O4/c18-13-5-3-12(4-6-13)17(23)19-11-1-2-16(22)20-14-7-9-15(10-8-14)21(24)25/h3-10H,1-2,11H2,(H,19,23)(H,20,22). The molecule has 0 bridgehead atoms. The summed E-state index contributed by atoms with van der Waals surface area (Å²) < 4.78 is 0. The van der Waals surface area contributed by atoms with Crippen molar-refractivity contribution in [3.8, 4) is 0 Å². The molecule has 0 radical (unpaired) electrons. The lowest BCUT2D eigenvalue weighted by molar-refractivity contribution is -0.384. The van der Waals surface area contributed by atoms with Crippen LogP contribution in [0.4, 0.5) is 11.4 Å². The van der Waals surface area contributed by atoms with Gasteiger partial charge in [-0.3, -0.25) is 19.7 Å². The lowest BCUT2D eigenvalue weighted by Gasteiger charge is -2.07. The van der Waals surface area contributed by atoms with Crippen LogP contribution in [0.3, 0.4) is 0 Å². The molecule has 0 saturated carbocycles. The number of nitro benzene ring substituents is 1. The van der Waals surface area contributed by atoms with Crippen molar-refractivity contribution in [3.05, 3.63) is 69.2 Å². The average Bonchev–Trinajstić information content (AvgIpc) is 2.59. The fraction of sp³-hybridized carbons (Fsp3) is 0.176. The van der Waals surface area contributed by atoms with Crippen LogP contribution < -0.4 is 10.6 Å². The van der Waals surface area contributed by atoms with Crippen LogP contribution in [-0.2, 0) is 4.79 Å². The number of hydrogen-bond acceptors (Lipinski definition) is 4. The highest BCUT2D eigenvalue weighted by atomic mass is 35.5. The van der Waals surface area contributed by atoms with Crippen LogP contribution >= 0.6 is 11.6 Å². The predicted molar refractivity (Wildman–Crippen MR) is 94.7 cm³/mol. The Morgan fingerprint density at radius 1 is 1.04 bits per heavy atom. The van der Waals surface area contributed by atoms with Gasteiger partial charge in [-0.15, -0.1) is 0 Å². The highest BCUT2D eigenvalue weighted by Gasteiger charge is 2.08. The Balaban J connectivity index is 1.70. The van der Waals surface area contributed by atoms with E-state index in [0.29, 0.717) is 29.2 Å². The van der Waals surface area contributed by atoms with E-state index in [0.717, 1.165) is 0 Å². The highest BCUT2D eigenvalue weighted by Crippen LogP contribution is 2.15. The molecule has 2 N–H and O–H groups in total. The van der Waals surface area contributed by atoms with E-state index in [-0.39, 0.29) is 23.9 Å². The fourth-order valence-electron chi connectivity index (χ4n) is 2.04. The monoisotopic (exact) mass is 361 g/mol. The van der Waals surface area contributed by atoms with Gasteiger partial charge in [0.05, 0.1) is 4.92 Å². The van der Waals surface area contributed by atoms with E-state index >= 15 is 0 Å². The lowest BCUT2D eigenvalue weighted by Crippen LogP contribution is -2.25. The van der Waals surface area contributed by atoms with Gasteiger partial charge >= 0.3 is 0 Å². The number of halogens is 1. The molecule has 0 aliphatic heterocycles. The lowest BCUT2D eigenvalue weighted by atomic mass is 10.2. The Morgan fingerprint density at radius 2 is 1.68 bits per heavy atom. The van der Waals surface area contributed by atoms with Gasteiger partial charge in [0, 0.05) is 41.4 Å². The summed E-state index contributed by atoms with van der Waals surface area (Å²) in [6, 6.07) is 12.1. The summed E-state index contributed by atoms with van der Waals surface area (Å²) in [5, 5.41) is 16.5. The van der Waals surface area contributed by atoms with Crippen LogP contribution in [0.25, 0.3) is 0 Å². The van der Waals surface area contributed by atoms with E-state index in [1.165, 1.54) is 24.3 Å². The van der Waals surface area contributed by atoms with Crippen molar-refractivity contribution >= 4 is 34.8 Å². The number of carbonyl (C=O) groups excluding carboxylic acids is 2. The zero-order valence-electron chi connectivity index (χ0n) is 13.2. The number of non-ortho nitro benzene ring substituents is 1. The number of nitrogens with one attached hydrogen (secondary N) is 2. The molecular weight excluding hydrogens is 346 g/mol. The maximum atomic E-state index is 11.9. The van der Waals surface area contributed by atoms with Crippen LogP contribution in [0.5, 0.6) is 0 Å². The highest BCUT2D eigenvalue weighted by molar-refractivity contribution is 6.30. The fourth-order valence-corrected chi connectivity index (χ4v) is 2.17. The summed E-state index contributed by atoms with van der Waals surface area (Å²) in [7, 11) is 0. The third kappa shape index (κ3) is 5.89. The van der Waals surface area contributed by atoms with Crippen LogP contribution in [0.15, 0.2) is 48.5 Å². The third-order valence-corrected chi connectivity index (χ3v) is 3.59. The SMILES string of the molecule is O=C(CCCNC(=O)c1ccc(Cl)cc1)Nc1ccc([N+](=O)[O-])cc1. The molecule has 0 aromatic heterocycles. The summed E-state index contributed by atoms with van der Waals surface area (Å²) in [5.74, 6) is -0.456. The van der Waals surface area contributed by atoms with Crippen LogP contribution in [0.1, 0.15) is 23.2 Å². The molecular formula is C17H16ClN3O4. The third-order valence-electron chi connectivity index (χ3n) is 3.33. The van der Waals surface area contributed by atoms with Gasteiger partial charge in [0.25, 0.3) is 11.6 Å². The van der Waals surface area contributed by atoms with Gasteiger partial charge in [0.15, 0.2) is 0 Å². The Labute approximate surface area is 149 Å². The van der Waals surface area contributed by atoms with Crippen molar-refractivity contribution in [1.82, 2.24) is 5.32 Å². The van der Waals surface area contributed by atoms with Gasteiger partial charge in [0.2, 0.25) is 5.91 Å². The molecule has 2 rings (SSSR count). The van der Waals surface area contributed by atoms with Crippen molar-refractivity contribution < 1.29 is 14.5 Å². The smallest absolute Gasteiger partial charge is 0.269 e. The largest absolute Gasteiger partial charge is 0.352 e. The topological polar surface area (TPSA) is 101 Å². The number of nitrogens with zero attached hydrogens (tertiary/aromatic N) is 1. The number of benzene rings is 2. The molecule has 7 nitrogen and oxygen atoms in total. The van der Waals surface area contributed by atoms with Gasteiger partial charge in [-0.25, -0.2) is 0 Å². The van der Waals surface area contributed by atoms with E-state index < -0.39 is 4.92 Å². The van der Waals surface area contributed by atoms with Gasteiger partial charge in [-0.2, -0.15) is 0 Å². The predicted octanol–water partition coefficient (Wildman–Crippen LogP) is 3.40. The van der Waals surface area contributed by atoms with E-state index in [1.807, 2.05) is 0 Å². The normalized spacial score (nSPS) is 10.1. The number of rotatable bonds is 7. The molecule has 0 aliphatic rings. The molecule has 0 unspecified atom stereocenters. The number of anilines is 1. The molecule has 0 saturated heterocycles. The van der Waals surface area contributed by atoms with E-state index in [1.54, 1.807) is 24.3 Å². The molecule has 0 spiro atoms. The first-order valence-electron chi connectivity index (χ1n) is 7.54. The zero-order valence-corrected chi connectivity index (χ0v) is 14.0. The zero-order chi connectivity index (χ0) is 18.2. The molecule has 25 heavy (non-hydrogen) atoms. The average molecular weight is 362 g/mol. The molecule has 8 heteroatoms. The van der Waals surface area contributed by atoms with Crippen LogP contribution in [0, 0.1) is 10.1 Å². The summed E-state index contributed by atoms with van der Waals surface area (Å²) >= 11 is 5.76. The number of amides is 2. The molecule has 0 heterocycles. The number of hydrogen-bond donors (Lipinski definition) is 2. The number of nitro groups is 1. The second kappa shape index (κ2) is 8.79. The first-order chi connectivity index (χ1) is 12.0. The minimum Gasteiger partial charge on any atom is -0.352 e. The van der Waals surface area contributed by atoms with E-state index in [9.17, 15) is 19.7 Å². The van der Waals surface area contributed by atoms with Gasteiger partial charge in [-0.1, -0.05) is 11.6 Å². The first-order valence-corrected chi connectivity index (χ1v) is 7.91. The molecule has 0 aliphatic carbocycles. The maximum absolute atomic E-state index is 11.9. The van der Waals surface area contributed by atoms with Gasteiger partial charge in [-0.05, 0) is 42.8 Å². The van der Waals surface area contributed by atoms with Crippen molar-refractivity contribution in [2.75, 3.05) is 11.9 Å². The first kappa shape index (κ1) is 18.4. The summed E-state index contributed by atoms with van der Waals surface area (Å²) in [6.45, 7) is 0.356. The van der Waals surface area contributed by atoms with E-state index in [4.69, 9.17) is 11.6 Å². The quantitative estimate of drug-likeness (QED) is 0.448. The van der Waals surface area contributed by atoms with Crippen molar-refractivity contribution in [3.63, 3.8) is 0 Å². The summed E-state index contributed by atoms with van der Waals surface area (Å²) in [6.07, 6.45) is 0.691. The van der Waals surface area contributed by atoms with Crippen molar-refractivity contribution in [1.29, 1.82) is 0 Å². The summed E-state index contributed by atoms with van der Waals surface area (Å²) in [5.41, 5.74) is 0.948. The minimum absolute atomic E-state index is 0.0390. The van der Waals surface area contributed by atoms with Crippen LogP contribution in [0.2, 0.25) is 5.02 Å². The van der Waals surface area contributed by atoms with Crippen LogP contribution in [-0.4, -0.2) is 23.3 Å². The number of carbonyl (C=O) groups is 2. The maximum Gasteiger partial charge on any atom is 0.269 e. The molecule has 2 aromatic carbocycles. The van der Waals surface area contributed by atoms with Gasteiger partial charge in [0.1, 0.15) is 0 Å². The van der Waals surface area contributed by atoms with Gasteiger partial charge < -0.3 is 10.6 Å². The van der Waals surface area contributed by atoms with Crippen molar-refractivity contribution in [2.24, 2.45) is 0 Å². The molecule has 0 fully saturated rings. The molecule has 0 atom stereocenters. The Hall–Kier alpha value is -2.93. The molecule has 130 valence electrons. The second-order valence-electron chi connectivity index (χ2n) is 5.22. The Morgan fingerprint density at radius 3 is 2.28 bits per heavy atom. The Bertz CT molecular complexity index is 760. The van der Waals surface area contributed by atoms with Crippen molar-refractivity contribution in [2.45, 2.75) is 12.8 Å².